The van der Waals surface area contributed by atoms with Crippen LogP contribution in [0.4, 0.5) is 0 Å². The average Bonchev–Trinajstić information content (AvgIpc) is 2.34. The number of benzene rings is 1. The molecular weight excluding hydrogens is 220 g/mol. The highest BCUT2D eigenvalue weighted by Crippen LogP contribution is 2.15. The summed E-state index contributed by atoms with van der Waals surface area (Å²) in [7, 11) is 0. The molecular formula is C16H22N2. The third-order valence-electron chi connectivity index (χ3n) is 2.85. The molecule has 0 saturated carbocycles. The minimum absolute atomic E-state index is 0.494. The van der Waals surface area contributed by atoms with Crippen molar-refractivity contribution in [2.45, 2.75) is 33.7 Å². The Labute approximate surface area is 110 Å². The topological polar surface area (TPSA) is 35.8 Å². The molecule has 0 aliphatic carbocycles. The molecule has 1 rings (SSSR count). The first-order chi connectivity index (χ1) is 8.52. The molecule has 0 aliphatic rings. The molecule has 0 unspecified atom stereocenters. The van der Waals surface area contributed by atoms with Gasteiger partial charge in [0.1, 0.15) is 0 Å². The van der Waals surface area contributed by atoms with Gasteiger partial charge in [0.05, 0.1) is 11.6 Å². The van der Waals surface area contributed by atoms with Crippen LogP contribution in [0.5, 0.6) is 0 Å². The van der Waals surface area contributed by atoms with Crippen molar-refractivity contribution in [1.29, 1.82) is 5.26 Å². The minimum Gasteiger partial charge on any atom is -0.311 e. The van der Waals surface area contributed by atoms with Crippen LogP contribution in [-0.2, 0) is 0 Å². The van der Waals surface area contributed by atoms with Crippen molar-refractivity contribution >= 4 is 6.08 Å². The third kappa shape index (κ3) is 4.73. The predicted molar refractivity (Wildman–Crippen MR) is 77.1 cm³/mol. The second-order valence-corrected chi connectivity index (χ2v) is 5.14. The van der Waals surface area contributed by atoms with Gasteiger partial charge in [0.15, 0.2) is 0 Å². The van der Waals surface area contributed by atoms with Crippen molar-refractivity contribution in [3.8, 4) is 6.07 Å². The lowest BCUT2D eigenvalue weighted by Gasteiger charge is -2.15. The zero-order valence-electron chi connectivity index (χ0n) is 11.7. The summed E-state index contributed by atoms with van der Waals surface area (Å²) in [4.78, 5) is 0. The molecule has 0 radical (unpaired) electrons. The van der Waals surface area contributed by atoms with Crippen molar-refractivity contribution in [2.75, 3.05) is 6.54 Å². The summed E-state index contributed by atoms with van der Waals surface area (Å²) >= 11 is 0. The van der Waals surface area contributed by atoms with Crippen LogP contribution in [-0.4, -0.2) is 12.6 Å². The number of hydrogen-bond acceptors (Lipinski definition) is 2. The molecule has 0 fully saturated rings. The average molecular weight is 242 g/mol. The summed E-state index contributed by atoms with van der Waals surface area (Å²) in [6.45, 7) is 9.63. The van der Waals surface area contributed by atoms with Crippen LogP contribution in [0, 0.1) is 17.2 Å². The SMILES string of the molecule is CC(C)NCC(=Cc1ccc(C#N)cc1)C(C)C. The Balaban J connectivity index is 2.83. The lowest BCUT2D eigenvalue weighted by atomic mass is 9.99. The van der Waals surface area contributed by atoms with Crippen LogP contribution in [0.2, 0.25) is 0 Å². The van der Waals surface area contributed by atoms with Gasteiger partial charge in [-0.15, -0.1) is 0 Å². The van der Waals surface area contributed by atoms with Gasteiger partial charge in [-0.25, -0.2) is 0 Å². The van der Waals surface area contributed by atoms with E-state index >= 15 is 0 Å². The van der Waals surface area contributed by atoms with Crippen molar-refractivity contribution in [3.05, 3.63) is 41.0 Å². The van der Waals surface area contributed by atoms with Gasteiger partial charge in [0, 0.05) is 12.6 Å². The lowest BCUT2D eigenvalue weighted by Crippen LogP contribution is -2.26. The van der Waals surface area contributed by atoms with Gasteiger partial charge in [-0.3, -0.25) is 0 Å². The molecule has 1 N–H and O–H groups in total. The highest BCUT2D eigenvalue weighted by molar-refractivity contribution is 5.55. The summed E-state index contributed by atoms with van der Waals surface area (Å²) in [5.41, 5.74) is 3.25. The van der Waals surface area contributed by atoms with E-state index in [1.165, 1.54) is 5.57 Å². The molecule has 18 heavy (non-hydrogen) atoms. The van der Waals surface area contributed by atoms with Crippen molar-refractivity contribution in [1.82, 2.24) is 5.32 Å². The summed E-state index contributed by atoms with van der Waals surface area (Å²) in [5, 5.41) is 12.2. The second-order valence-electron chi connectivity index (χ2n) is 5.14. The minimum atomic E-state index is 0.494. The van der Waals surface area contributed by atoms with Crippen LogP contribution in [0.3, 0.4) is 0 Å². The van der Waals surface area contributed by atoms with E-state index in [1.54, 1.807) is 0 Å². The van der Waals surface area contributed by atoms with Gasteiger partial charge >= 0.3 is 0 Å². The van der Waals surface area contributed by atoms with Gasteiger partial charge in [-0.1, -0.05) is 51.5 Å². The van der Waals surface area contributed by atoms with Crippen LogP contribution in [0.15, 0.2) is 29.8 Å². The van der Waals surface area contributed by atoms with Crippen LogP contribution in [0.1, 0.15) is 38.8 Å². The molecule has 0 amide bonds. The molecule has 96 valence electrons. The predicted octanol–water partition coefficient (Wildman–Crippen LogP) is 3.60. The zero-order valence-corrected chi connectivity index (χ0v) is 11.7. The Kier molecular flexibility index (Phi) is 5.61. The zero-order chi connectivity index (χ0) is 13.5. The van der Waals surface area contributed by atoms with E-state index in [-0.39, 0.29) is 0 Å². The highest BCUT2D eigenvalue weighted by Gasteiger charge is 2.04. The van der Waals surface area contributed by atoms with Crippen molar-refractivity contribution in [2.24, 2.45) is 5.92 Å². The van der Waals surface area contributed by atoms with Crippen LogP contribution in [0.25, 0.3) is 6.08 Å². The lowest BCUT2D eigenvalue weighted by molar-refractivity contribution is 0.593. The van der Waals surface area contributed by atoms with E-state index in [0.29, 0.717) is 17.5 Å². The van der Waals surface area contributed by atoms with E-state index in [1.807, 2.05) is 24.3 Å². The third-order valence-corrected chi connectivity index (χ3v) is 2.85. The largest absolute Gasteiger partial charge is 0.311 e. The maximum atomic E-state index is 8.77. The molecule has 1 aromatic carbocycles. The highest BCUT2D eigenvalue weighted by atomic mass is 14.9. The summed E-state index contributed by atoms with van der Waals surface area (Å²) in [6, 6.07) is 10.3. The van der Waals surface area contributed by atoms with Gasteiger partial charge in [-0.2, -0.15) is 5.26 Å². The maximum absolute atomic E-state index is 8.77. The van der Waals surface area contributed by atoms with E-state index in [2.05, 4.69) is 45.2 Å². The monoisotopic (exact) mass is 242 g/mol. The Hall–Kier alpha value is -1.59. The molecule has 0 spiro atoms. The molecule has 0 bridgehead atoms. The number of nitrogens with zero attached hydrogens (tertiary/aromatic N) is 1. The molecule has 0 atom stereocenters. The molecule has 0 saturated heterocycles. The second kappa shape index (κ2) is 6.98. The Morgan fingerprint density at radius 1 is 1.22 bits per heavy atom. The fourth-order valence-corrected chi connectivity index (χ4v) is 1.61. The van der Waals surface area contributed by atoms with Gasteiger partial charge in [0.2, 0.25) is 0 Å². The fraction of sp³-hybridized carbons (Fsp3) is 0.438. The summed E-state index contributed by atoms with van der Waals surface area (Å²) < 4.78 is 0. The molecule has 1 aromatic rings. The van der Waals surface area contributed by atoms with Gasteiger partial charge in [0.25, 0.3) is 0 Å². The smallest absolute Gasteiger partial charge is 0.0991 e. The maximum Gasteiger partial charge on any atom is 0.0991 e. The number of nitrogens with one attached hydrogen (secondary N) is 1. The number of nitriles is 1. The first-order valence-corrected chi connectivity index (χ1v) is 6.47. The summed E-state index contributed by atoms with van der Waals surface area (Å²) in [5.74, 6) is 0.520. The van der Waals surface area contributed by atoms with E-state index in [0.717, 1.165) is 12.1 Å². The van der Waals surface area contributed by atoms with Crippen LogP contribution < -0.4 is 5.32 Å². The van der Waals surface area contributed by atoms with E-state index in [4.69, 9.17) is 5.26 Å². The van der Waals surface area contributed by atoms with Gasteiger partial charge < -0.3 is 5.32 Å². The molecule has 0 aromatic heterocycles. The molecule has 0 heterocycles. The van der Waals surface area contributed by atoms with Gasteiger partial charge in [-0.05, 0) is 23.6 Å². The molecule has 2 nitrogen and oxygen atoms in total. The van der Waals surface area contributed by atoms with Crippen molar-refractivity contribution < 1.29 is 0 Å². The Morgan fingerprint density at radius 2 is 1.83 bits per heavy atom. The van der Waals surface area contributed by atoms with Crippen molar-refractivity contribution in [3.63, 3.8) is 0 Å². The standard InChI is InChI=1S/C16H22N2/c1-12(2)16(11-18-13(3)4)9-14-5-7-15(10-17)8-6-14/h5-9,12-13,18H,11H2,1-4H3. The Bertz CT molecular complexity index is 433. The number of rotatable bonds is 5. The normalized spacial score (nSPS) is 11.9. The quantitative estimate of drug-likeness (QED) is 0.856. The fourth-order valence-electron chi connectivity index (χ4n) is 1.61. The first kappa shape index (κ1) is 14.5. The molecule has 2 heteroatoms. The first-order valence-electron chi connectivity index (χ1n) is 6.47. The molecule has 0 aliphatic heterocycles. The Morgan fingerprint density at radius 3 is 2.28 bits per heavy atom. The van der Waals surface area contributed by atoms with E-state index < -0.39 is 0 Å². The summed E-state index contributed by atoms with van der Waals surface area (Å²) in [6.07, 6.45) is 2.21. The number of hydrogen-bond donors (Lipinski definition) is 1. The van der Waals surface area contributed by atoms with Crippen LogP contribution >= 0.6 is 0 Å². The van der Waals surface area contributed by atoms with E-state index in [9.17, 15) is 0 Å².